The zero-order valence-electron chi connectivity index (χ0n) is 20.2. The van der Waals surface area contributed by atoms with Gasteiger partial charge in [-0.2, -0.15) is 0 Å². The van der Waals surface area contributed by atoms with Gasteiger partial charge in [-0.25, -0.2) is 14.4 Å². The first-order valence-corrected chi connectivity index (χ1v) is 13.4. The van der Waals surface area contributed by atoms with Crippen LogP contribution in [0.3, 0.4) is 0 Å². The van der Waals surface area contributed by atoms with Gasteiger partial charge in [-0.3, -0.25) is 4.79 Å². The highest BCUT2D eigenvalue weighted by Crippen LogP contribution is 2.49. The average Bonchev–Trinajstić information content (AvgIpc) is 3.66. The number of benzene rings is 1. The Labute approximate surface area is 211 Å². The maximum Gasteiger partial charge on any atom is 0.227 e. The number of hydrogen-bond acceptors (Lipinski definition) is 5. The second-order valence-corrected chi connectivity index (χ2v) is 10.6. The van der Waals surface area contributed by atoms with Gasteiger partial charge in [0.05, 0.1) is 30.4 Å². The summed E-state index contributed by atoms with van der Waals surface area (Å²) in [4.78, 5) is 25.2. The van der Waals surface area contributed by atoms with Crippen molar-refractivity contribution < 1.29 is 13.9 Å². The number of ether oxygens (including phenoxy) is 1. The summed E-state index contributed by atoms with van der Waals surface area (Å²) in [5.74, 6) is 3.19. The third-order valence-corrected chi connectivity index (χ3v) is 8.04. The highest BCUT2D eigenvalue weighted by atomic mass is 35.5. The molecule has 1 aromatic carbocycles. The number of carbonyl (C=O) groups excluding carboxylic acids is 1. The molecule has 0 N–H and O–H groups in total. The monoisotopic (exact) mass is 500 g/mol. The van der Waals surface area contributed by atoms with Crippen LogP contribution in [-0.4, -0.2) is 53.6 Å². The van der Waals surface area contributed by atoms with Gasteiger partial charge in [-0.05, 0) is 74.3 Å². The molecule has 1 aromatic heterocycles. The maximum atomic E-state index is 14.6. The molecule has 2 atom stereocenters. The Hall–Kier alpha value is -2.41. The van der Waals surface area contributed by atoms with Crippen molar-refractivity contribution in [3.05, 3.63) is 47.0 Å². The molecule has 8 heteroatoms. The number of rotatable bonds is 8. The average molecular weight is 501 g/mol. The molecule has 3 aliphatic rings. The highest BCUT2D eigenvalue weighted by Gasteiger charge is 2.43. The van der Waals surface area contributed by atoms with Crippen molar-refractivity contribution in [2.75, 3.05) is 37.7 Å². The fourth-order valence-corrected chi connectivity index (χ4v) is 5.78. The van der Waals surface area contributed by atoms with E-state index >= 15 is 0 Å². The molecule has 2 aromatic rings. The molecule has 2 aliphatic heterocycles. The molecule has 2 saturated heterocycles. The second-order valence-electron chi connectivity index (χ2n) is 10.2. The van der Waals surface area contributed by atoms with Crippen molar-refractivity contribution in [1.82, 2.24) is 14.9 Å². The molecule has 3 heterocycles. The zero-order valence-corrected chi connectivity index (χ0v) is 20.9. The predicted molar refractivity (Wildman–Crippen MR) is 134 cm³/mol. The minimum absolute atomic E-state index is 0.0172. The van der Waals surface area contributed by atoms with Gasteiger partial charge in [-0.1, -0.05) is 17.7 Å². The van der Waals surface area contributed by atoms with Crippen LogP contribution in [0.4, 0.5) is 10.3 Å². The molecule has 0 spiro atoms. The molecule has 188 valence electrons. The lowest BCUT2D eigenvalue weighted by Gasteiger charge is -2.32. The number of carbonyl (C=O) groups is 1. The molecule has 0 radical (unpaired) electrons. The van der Waals surface area contributed by atoms with E-state index in [1.165, 1.54) is 18.9 Å². The van der Waals surface area contributed by atoms with Crippen LogP contribution < -0.4 is 9.64 Å². The summed E-state index contributed by atoms with van der Waals surface area (Å²) in [6.07, 6.45) is 11.3. The molecule has 6 nitrogen and oxygen atoms in total. The summed E-state index contributed by atoms with van der Waals surface area (Å²) in [5, 5.41) is 0.563. The van der Waals surface area contributed by atoms with E-state index in [4.69, 9.17) is 16.3 Å². The summed E-state index contributed by atoms with van der Waals surface area (Å²) in [5.41, 5.74) is 0.450. The van der Waals surface area contributed by atoms with Crippen LogP contribution in [0.25, 0.3) is 0 Å². The van der Waals surface area contributed by atoms with Crippen LogP contribution in [0.5, 0.6) is 5.75 Å². The number of halogens is 2. The van der Waals surface area contributed by atoms with Crippen LogP contribution in [0.15, 0.2) is 30.6 Å². The summed E-state index contributed by atoms with van der Waals surface area (Å²) in [7, 11) is 0. The van der Waals surface area contributed by atoms with Crippen LogP contribution in [0.2, 0.25) is 5.02 Å². The maximum absolute atomic E-state index is 14.6. The lowest BCUT2D eigenvalue weighted by atomic mass is 9.90. The molecule has 5 rings (SSSR count). The number of hydrogen-bond donors (Lipinski definition) is 0. The summed E-state index contributed by atoms with van der Waals surface area (Å²) < 4.78 is 20.4. The van der Waals surface area contributed by atoms with Crippen molar-refractivity contribution in [1.29, 1.82) is 0 Å². The van der Waals surface area contributed by atoms with E-state index < -0.39 is 0 Å². The van der Waals surface area contributed by atoms with Crippen LogP contribution in [0, 0.1) is 23.6 Å². The number of aromatic nitrogens is 2. The third-order valence-electron chi connectivity index (χ3n) is 7.84. The summed E-state index contributed by atoms with van der Waals surface area (Å²) in [6, 6.07) is 4.92. The standard InChI is InChI=1S/C27H34ClFN4O2/c28-22-17-30-27(31-18-22)33-11-6-19(7-12-33)24-14-20(24)8-13-35-23-5-4-21(25(29)16-23)15-26(34)32-9-2-1-3-10-32/h4-5,16-20,24H,1-3,6-15H2/t20?,24-/m1/s1. The minimum atomic E-state index is -0.353. The van der Waals surface area contributed by atoms with Crippen molar-refractivity contribution in [3.63, 3.8) is 0 Å². The molecule has 1 aliphatic carbocycles. The normalized spacial score (nSPS) is 22.8. The smallest absolute Gasteiger partial charge is 0.227 e. The number of likely N-dealkylation sites (tertiary alicyclic amines) is 1. The fourth-order valence-electron chi connectivity index (χ4n) is 5.68. The van der Waals surface area contributed by atoms with E-state index in [-0.39, 0.29) is 18.1 Å². The lowest BCUT2D eigenvalue weighted by molar-refractivity contribution is -0.131. The predicted octanol–water partition coefficient (Wildman–Crippen LogP) is 5.15. The largest absolute Gasteiger partial charge is 0.493 e. The first-order chi connectivity index (χ1) is 17.1. The minimum Gasteiger partial charge on any atom is -0.493 e. The third kappa shape index (κ3) is 6.24. The van der Waals surface area contributed by atoms with Crippen molar-refractivity contribution in [2.24, 2.45) is 17.8 Å². The topological polar surface area (TPSA) is 58.6 Å². The van der Waals surface area contributed by atoms with E-state index in [1.807, 2.05) is 4.90 Å². The summed E-state index contributed by atoms with van der Waals surface area (Å²) in [6.45, 7) is 4.15. The molecular weight excluding hydrogens is 467 g/mol. The molecule has 1 unspecified atom stereocenters. The van der Waals surface area contributed by atoms with Gasteiger partial charge >= 0.3 is 0 Å². The number of nitrogens with zero attached hydrogens (tertiary/aromatic N) is 4. The molecular formula is C27H34ClFN4O2. The molecule has 1 saturated carbocycles. The number of piperidine rings is 2. The molecule has 3 fully saturated rings. The van der Waals surface area contributed by atoms with Crippen molar-refractivity contribution in [3.8, 4) is 5.75 Å². The van der Waals surface area contributed by atoms with E-state index in [1.54, 1.807) is 24.5 Å². The SMILES string of the molecule is O=C(Cc1ccc(OCCC2C[C@@H]2C2CCN(c3ncc(Cl)cn3)CC2)cc1F)N1CCCCC1. The van der Waals surface area contributed by atoms with Gasteiger partial charge in [0.1, 0.15) is 11.6 Å². The van der Waals surface area contributed by atoms with Crippen LogP contribution in [0.1, 0.15) is 50.5 Å². The Morgan fingerprint density at radius 1 is 1.09 bits per heavy atom. The molecule has 0 bridgehead atoms. The highest BCUT2D eigenvalue weighted by molar-refractivity contribution is 6.30. The van der Waals surface area contributed by atoms with E-state index in [2.05, 4.69) is 14.9 Å². The van der Waals surface area contributed by atoms with Gasteiger partial charge in [0.25, 0.3) is 0 Å². The van der Waals surface area contributed by atoms with Gasteiger partial charge in [0.2, 0.25) is 11.9 Å². The molecule has 1 amide bonds. The van der Waals surface area contributed by atoms with E-state index in [0.29, 0.717) is 28.9 Å². The Morgan fingerprint density at radius 3 is 2.54 bits per heavy atom. The second kappa shape index (κ2) is 11.1. The number of anilines is 1. The zero-order chi connectivity index (χ0) is 24.2. The van der Waals surface area contributed by atoms with Gasteiger partial charge in [-0.15, -0.1) is 0 Å². The first kappa shape index (κ1) is 24.3. The summed E-state index contributed by atoms with van der Waals surface area (Å²) >= 11 is 5.89. The Morgan fingerprint density at radius 2 is 1.83 bits per heavy atom. The van der Waals surface area contributed by atoms with Crippen molar-refractivity contribution in [2.45, 2.75) is 51.4 Å². The lowest BCUT2D eigenvalue weighted by Crippen LogP contribution is -2.36. The van der Waals surface area contributed by atoms with Crippen LogP contribution in [-0.2, 0) is 11.2 Å². The fraction of sp³-hybridized carbons (Fsp3) is 0.593. The van der Waals surface area contributed by atoms with E-state index in [9.17, 15) is 9.18 Å². The van der Waals surface area contributed by atoms with Gasteiger partial charge in [0, 0.05) is 32.2 Å². The van der Waals surface area contributed by atoms with E-state index in [0.717, 1.165) is 76.1 Å². The Balaban J connectivity index is 1.02. The van der Waals surface area contributed by atoms with Gasteiger partial charge in [0.15, 0.2) is 0 Å². The Kier molecular flexibility index (Phi) is 7.71. The van der Waals surface area contributed by atoms with Crippen LogP contribution >= 0.6 is 11.6 Å². The van der Waals surface area contributed by atoms with Crippen molar-refractivity contribution >= 4 is 23.5 Å². The van der Waals surface area contributed by atoms with Gasteiger partial charge < -0.3 is 14.5 Å². The first-order valence-electron chi connectivity index (χ1n) is 13.0. The number of amides is 1. The quantitative estimate of drug-likeness (QED) is 0.502. The molecule has 35 heavy (non-hydrogen) atoms. The Bertz CT molecular complexity index is 1010.